The third kappa shape index (κ3) is 4.76. The highest BCUT2D eigenvalue weighted by molar-refractivity contribution is 8.26. The molecule has 1 aliphatic heterocycles. The molecule has 1 heterocycles. The maximum atomic E-state index is 12.5. The smallest absolute Gasteiger partial charge is 0.266 e. The van der Waals surface area contributed by atoms with Crippen molar-refractivity contribution in [2.75, 3.05) is 13.7 Å². The third-order valence-corrected chi connectivity index (χ3v) is 5.61. The zero-order chi connectivity index (χ0) is 20.1. The van der Waals surface area contributed by atoms with Crippen LogP contribution in [0.3, 0.4) is 0 Å². The highest BCUT2D eigenvalue weighted by Crippen LogP contribution is 2.35. The fraction of sp³-hybridized carbons (Fsp3) is 0.143. The zero-order valence-corrected chi connectivity index (χ0v) is 17.6. The van der Waals surface area contributed by atoms with Gasteiger partial charge < -0.3 is 9.47 Å². The van der Waals surface area contributed by atoms with Crippen molar-refractivity contribution in [3.05, 3.63) is 76.2 Å². The molecule has 4 nitrogen and oxygen atoms in total. The first-order valence-electron chi connectivity index (χ1n) is 8.43. The Labute approximate surface area is 178 Å². The van der Waals surface area contributed by atoms with Crippen LogP contribution in [-0.2, 0) is 11.4 Å². The number of amides is 1. The van der Waals surface area contributed by atoms with E-state index in [-0.39, 0.29) is 5.91 Å². The van der Waals surface area contributed by atoms with Crippen LogP contribution in [0.25, 0.3) is 6.08 Å². The van der Waals surface area contributed by atoms with Gasteiger partial charge in [0.15, 0.2) is 11.5 Å². The first-order valence-corrected chi connectivity index (χ1v) is 10.0. The molecule has 7 heteroatoms. The van der Waals surface area contributed by atoms with E-state index in [2.05, 4.69) is 6.58 Å². The molecule has 0 N–H and O–H groups in total. The molecule has 0 atom stereocenters. The van der Waals surface area contributed by atoms with Crippen molar-refractivity contribution < 1.29 is 14.3 Å². The third-order valence-electron chi connectivity index (χ3n) is 3.98. The van der Waals surface area contributed by atoms with Crippen LogP contribution < -0.4 is 9.47 Å². The minimum absolute atomic E-state index is 0.116. The molecule has 0 spiro atoms. The van der Waals surface area contributed by atoms with E-state index < -0.39 is 0 Å². The van der Waals surface area contributed by atoms with Crippen LogP contribution in [-0.4, -0.2) is 28.8 Å². The number of rotatable bonds is 7. The number of thiocarbonyl (C=S) groups is 1. The molecule has 0 radical (unpaired) electrons. The molecule has 28 heavy (non-hydrogen) atoms. The largest absolute Gasteiger partial charge is 0.493 e. The number of halogens is 1. The van der Waals surface area contributed by atoms with Gasteiger partial charge in [-0.05, 0) is 41.5 Å². The van der Waals surface area contributed by atoms with Crippen molar-refractivity contribution in [3.8, 4) is 11.5 Å². The van der Waals surface area contributed by atoms with Crippen LogP contribution in [0.15, 0.2) is 60.0 Å². The average molecular weight is 432 g/mol. The normalized spacial score (nSPS) is 15.2. The number of hydrogen-bond acceptors (Lipinski definition) is 5. The summed E-state index contributed by atoms with van der Waals surface area (Å²) in [6, 6.07) is 13.0. The zero-order valence-electron chi connectivity index (χ0n) is 15.2. The summed E-state index contributed by atoms with van der Waals surface area (Å²) in [7, 11) is 1.59. The predicted octanol–water partition coefficient (Wildman–Crippen LogP) is 5.31. The molecule has 0 saturated carbocycles. The van der Waals surface area contributed by atoms with E-state index in [1.807, 2.05) is 42.5 Å². The lowest BCUT2D eigenvalue weighted by atomic mass is 10.1. The molecular formula is C21H18ClNO3S2. The molecule has 1 aliphatic rings. The summed E-state index contributed by atoms with van der Waals surface area (Å²) in [4.78, 5) is 14.6. The standard InChI is InChI=1S/C21H18ClNO3S2/c1-3-10-23-20(24)19(28-21(23)27)12-15-6-9-17(25-2)18(11-15)26-13-14-4-7-16(22)8-5-14/h3-9,11-12H,1,10,13H2,2H3/b19-12+. The Bertz CT molecular complexity index is 941. The fourth-order valence-electron chi connectivity index (χ4n) is 2.58. The van der Waals surface area contributed by atoms with Gasteiger partial charge in [-0.25, -0.2) is 0 Å². The summed E-state index contributed by atoms with van der Waals surface area (Å²) >= 11 is 12.5. The van der Waals surface area contributed by atoms with Gasteiger partial charge in [0.2, 0.25) is 0 Å². The fourth-order valence-corrected chi connectivity index (χ4v) is 3.98. The lowest BCUT2D eigenvalue weighted by molar-refractivity contribution is -0.121. The van der Waals surface area contributed by atoms with E-state index in [0.29, 0.717) is 38.9 Å². The van der Waals surface area contributed by atoms with Crippen LogP contribution in [0, 0.1) is 0 Å². The maximum Gasteiger partial charge on any atom is 0.266 e. The molecule has 1 fully saturated rings. The Morgan fingerprint density at radius 1 is 1.21 bits per heavy atom. The molecule has 0 aliphatic carbocycles. The van der Waals surface area contributed by atoms with E-state index >= 15 is 0 Å². The average Bonchev–Trinajstić information content (AvgIpc) is 2.95. The van der Waals surface area contributed by atoms with Crippen LogP contribution >= 0.6 is 35.6 Å². The summed E-state index contributed by atoms with van der Waals surface area (Å²) in [5.74, 6) is 1.09. The SMILES string of the molecule is C=CCN1C(=O)/C(=C\c2ccc(OC)c(OCc3ccc(Cl)cc3)c2)SC1=S. The Kier molecular flexibility index (Phi) is 6.78. The highest BCUT2D eigenvalue weighted by atomic mass is 35.5. The van der Waals surface area contributed by atoms with Crippen molar-refractivity contribution in [3.63, 3.8) is 0 Å². The van der Waals surface area contributed by atoms with Crippen LogP contribution in [0.1, 0.15) is 11.1 Å². The van der Waals surface area contributed by atoms with Gasteiger partial charge in [0, 0.05) is 11.6 Å². The van der Waals surface area contributed by atoms with Crippen molar-refractivity contribution in [1.82, 2.24) is 4.90 Å². The lowest BCUT2D eigenvalue weighted by Gasteiger charge is -2.12. The molecule has 1 amide bonds. The number of thioether (sulfide) groups is 1. The van der Waals surface area contributed by atoms with E-state index in [9.17, 15) is 4.79 Å². The molecular weight excluding hydrogens is 414 g/mol. The first-order chi connectivity index (χ1) is 13.5. The Morgan fingerprint density at radius 3 is 2.64 bits per heavy atom. The number of hydrogen-bond donors (Lipinski definition) is 0. The number of ether oxygens (including phenoxy) is 2. The molecule has 2 aromatic carbocycles. The summed E-state index contributed by atoms with van der Waals surface area (Å²) < 4.78 is 11.8. The summed E-state index contributed by atoms with van der Waals surface area (Å²) in [5, 5.41) is 0.678. The first kappa shape index (κ1) is 20.5. The van der Waals surface area contributed by atoms with E-state index in [1.165, 1.54) is 16.7 Å². The Hall–Kier alpha value is -2.28. The quantitative estimate of drug-likeness (QED) is 0.337. The summed E-state index contributed by atoms with van der Waals surface area (Å²) in [6.45, 7) is 4.44. The molecule has 144 valence electrons. The minimum atomic E-state index is -0.116. The second-order valence-electron chi connectivity index (χ2n) is 5.91. The number of methoxy groups -OCH3 is 1. The topological polar surface area (TPSA) is 38.8 Å². The van der Waals surface area contributed by atoms with Gasteiger partial charge in [-0.1, -0.05) is 59.9 Å². The number of nitrogens with zero attached hydrogens (tertiary/aromatic N) is 1. The lowest BCUT2D eigenvalue weighted by Crippen LogP contribution is -2.27. The molecule has 0 bridgehead atoms. The Morgan fingerprint density at radius 2 is 1.96 bits per heavy atom. The van der Waals surface area contributed by atoms with Gasteiger partial charge in [-0.3, -0.25) is 9.69 Å². The van der Waals surface area contributed by atoms with Crippen molar-refractivity contribution in [2.24, 2.45) is 0 Å². The summed E-state index contributed by atoms with van der Waals surface area (Å²) in [5.41, 5.74) is 1.81. The second-order valence-corrected chi connectivity index (χ2v) is 8.02. The second kappa shape index (κ2) is 9.28. The van der Waals surface area contributed by atoms with Crippen LogP contribution in [0.2, 0.25) is 5.02 Å². The number of carbonyl (C=O) groups is 1. The molecule has 0 unspecified atom stereocenters. The number of benzene rings is 2. The predicted molar refractivity (Wildman–Crippen MR) is 119 cm³/mol. The van der Waals surface area contributed by atoms with Crippen molar-refractivity contribution in [1.29, 1.82) is 0 Å². The van der Waals surface area contributed by atoms with E-state index in [1.54, 1.807) is 19.3 Å². The maximum absolute atomic E-state index is 12.5. The molecule has 0 aromatic heterocycles. The van der Waals surface area contributed by atoms with E-state index in [4.69, 9.17) is 33.3 Å². The summed E-state index contributed by atoms with van der Waals surface area (Å²) in [6.07, 6.45) is 3.46. The van der Waals surface area contributed by atoms with E-state index in [0.717, 1.165) is 11.1 Å². The molecule has 2 aromatic rings. The van der Waals surface area contributed by atoms with Gasteiger partial charge in [0.1, 0.15) is 10.9 Å². The minimum Gasteiger partial charge on any atom is -0.493 e. The van der Waals surface area contributed by atoms with Crippen molar-refractivity contribution in [2.45, 2.75) is 6.61 Å². The molecule has 1 saturated heterocycles. The van der Waals surface area contributed by atoms with Crippen molar-refractivity contribution >= 4 is 51.9 Å². The van der Waals surface area contributed by atoms with Gasteiger partial charge in [0.25, 0.3) is 5.91 Å². The monoisotopic (exact) mass is 431 g/mol. The Balaban J connectivity index is 1.80. The molecule has 3 rings (SSSR count). The van der Waals surface area contributed by atoms with Crippen LogP contribution in [0.4, 0.5) is 0 Å². The van der Waals surface area contributed by atoms with Crippen LogP contribution in [0.5, 0.6) is 11.5 Å². The highest BCUT2D eigenvalue weighted by Gasteiger charge is 2.30. The number of carbonyl (C=O) groups excluding carboxylic acids is 1. The van der Waals surface area contributed by atoms with Gasteiger partial charge in [-0.2, -0.15) is 0 Å². The van der Waals surface area contributed by atoms with Gasteiger partial charge in [-0.15, -0.1) is 6.58 Å². The van der Waals surface area contributed by atoms with Gasteiger partial charge in [0.05, 0.1) is 12.0 Å². The van der Waals surface area contributed by atoms with Gasteiger partial charge >= 0.3 is 0 Å².